The molecule has 0 spiro atoms. The molecule has 2 rings (SSSR count). The molecule has 0 fully saturated rings. The summed E-state index contributed by atoms with van der Waals surface area (Å²) < 4.78 is 0. The van der Waals surface area contributed by atoms with Crippen molar-refractivity contribution in [1.82, 2.24) is 0 Å². The highest BCUT2D eigenvalue weighted by Crippen LogP contribution is 2.06. The van der Waals surface area contributed by atoms with E-state index >= 15 is 0 Å². The Kier molecular flexibility index (Phi) is 7.81. The normalized spacial score (nSPS) is 8.25. The first-order chi connectivity index (χ1) is 11.8. The van der Waals surface area contributed by atoms with E-state index in [2.05, 4.69) is 79.2 Å². The van der Waals surface area contributed by atoms with E-state index in [0.717, 1.165) is 22.3 Å². The third-order valence-corrected chi connectivity index (χ3v) is 3.45. The van der Waals surface area contributed by atoms with Gasteiger partial charge in [0, 0.05) is 22.3 Å². The van der Waals surface area contributed by atoms with Gasteiger partial charge in [-0.15, -0.1) is 0 Å². The number of alkyl halides is 2. The van der Waals surface area contributed by atoms with Crippen molar-refractivity contribution in [2.24, 2.45) is 0 Å². The molecule has 0 saturated carbocycles. The Morgan fingerprint density at radius 2 is 0.875 bits per heavy atom. The molecule has 0 aliphatic carbocycles. The number of hydrogen-bond donors (Lipinski definition) is 0. The molecule has 2 heteroatoms. The molecule has 2 aromatic rings. The van der Waals surface area contributed by atoms with Gasteiger partial charge >= 0.3 is 0 Å². The van der Waals surface area contributed by atoms with Gasteiger partial charge in [0.15, 0.2) is 0 Å². The van der Waals surface area contributed by atoms with Gasteiger partial charge in [-0.25, -0.2) is 0 Å². The molecule has 0 nitrogen and oxygen atoms in total. The van der Waals surface area contributed by atoms with Crippen LogP contribution in [0.3, 0.4) is 0 Å². The van der Waals surface area contributed by atoms with Crippen molar-refractivity contribution in [2.45, 2.75) is 0 Å². The second-order valence-corrected chi connectivity index (χ2v) is 5.58. The maximum Gasteiger partial charge on any atom is 0.0649 e. The minimum atomic E-state index is 0.640. The SMILES string of the molecule is BrCC#Cc1ccccc1C#CC#Cc1ccccc1C#CCBr. The van der Waals surface area contributed by atoms with Crippen molar-refractivity contribution < 1.29 is 0 Å². The van der Waals surface area contributed by atoms with E-state index in [1.165, 1.54) is 0 Å². The van der Waals surface area contributed by atoms with Crippen LogP contribution in [0.25, 0.3) is 0 Å². The van der Waals surface area contributed by atoms with Gasteiger partial charge in [0.05, 0.1) is 10.7 Å². The van der Waals surface area contributed by atoms with Crippen LogP contribution in [0, 0.1) is 47.4 Å². The number of hydrogen-bond acceptors (Lipinski definition) is 0. The Labute approximate surface area is 160 Å². The van der Waals surface area contributed by atoms with E-state index in [1.807, 2.05) is 48.5 Å². The van der Waals surface area contributed by atoms with E-state index in [0.29, 0.717) is 10.7 Å². The third kappa shape index (κ3) is 5.69. The number of benzene rings is 2. The fourth-order valence-corrected chi connectivity index (χ4v) is 2.14. The van der Waals surface area contributed by atoms with Crippen LogP contribution in [0.15, 0.2) is 48.5 Å². The molecule has 114 valence electrons. The lowest BCUT2D eigenvalue weighted by atomic mass is 10.1. The van der Waals surface area contributed by atoms with Crippen LogP contribution in [0.1, 0.15) is 22.3 Å². The predicted octanol–water partition coefficient (Wildman–Crippen LogP) is 4.58. The van der Waals surface area contributed by atoms with Crippen molar-refractivity contribution in [3.63, 3.8) is 0 Å². The summed E-state index contributed by atoms with van der Waals surface area (Å²) in [6, 6.07) is 15.6. The Hall–Kier alpha value is -2.36. The van der Waals surface area contributed by atoms with Gasteiger partial charge in [-0.2, -0.15) is 0 Å². The minimum absolute atomic E-state index is 0.640. The molecule has 0 atom stereocenters. The zero-order valence-corrected chi connectivity index (χ0v) is 16.0. The monoisotopic (exact) mass is 434 g/mol. The summed E-state index contributed by atoms with van der Waals surface area (Å²) in [6.07, 6.45) is 0. The maximum absolute atomic E-state index is 3.30. The van der Waals surface area contributed by atoms with Gasteiger partial charge in [0.1, 0.15) is 0 Å². The largest absolute Gasteiger partial charge is 0.0863 e. The highest BCUT2D eigenvalue weighted by Gasteiger charge is 1.94. The van der Waals surface area contributed by atoms with Crippen LogP contribution in [0.4, 0.5) is 0 Å². The van der Waals surface area contributed by atoms with Crippen LogP contribution in [-0.4, -0.2) is 10.7 Å². The first-order valence-corrected chi connectivity index (χ1v) is 9.39. The zero-order chi connectivity index (χ0) is 17.0. The molecule has 0 radical (unpaired) electrons. The van der Waals surface area contributed by atoms with Gasteiger partial charge in [-0.05, 0) is 36.1 Å². The standard InChI is InChI=1S/C22H12Br2/c23-17-7-15-21-13-5-3-11-19(21)9-1-2-10-20-12-4-6-14-22(20)16-8-18-24/h3-6,11-14H,17-18H2. The lowest BCUT2D eigenvalue weighted by molar-refractivity contribution is 1.58. The molecule has 2 aromatic carbocycles. The molecule has 0 aromatic heterocycles. The summed E-state index contributed by atoms with van der Waals surface area (Å²) in [4.78, 5) is 0. The van der Waals surface area contributed by atoms with Crippen LogP contribution < -0.4 is 0 Å². The predicted molar refractivity (Wildman–Crippen MR) is 108 cm³/mol. The van der Waals surface area contributed by atoms with Gasteiger partial charge in [0.25, 0.3) is 0 Å². The molecule has 0 aliphatic rings. The molecule has 0 saturated heterocycles. The average Bonchev–Trinajstić information content (AvgIpc) is 2.63. The summed E-state index contributed by atoms with van der Waals surface area (Å²) in [5.41, 5.74) is 3.59. The molecule has 0 aliphatic heterocycles. The minimum Gasteiger partial charge on any atom is -0.0863 e. The van der Waals surface area contributed by atoms with Gasteiger partial charge < -0.3 is 0 Å². The summed E-state index contributed by atoms with van der Waals surface area (Å²) in [5.74, 6) is 24.1. The molecule has 0 unspecified atom stereocenters. The lowest BCUT2D eigenvalue weighted by Crippen LogP contribution is -1.83. The zero-order valence-electron chi connectivity index (χ0n) is 12.8. The second-order valence-electron chi connectivity index (χ2n) is 4.46. The first kappa shape index (κ1) is 18.0. The first-order valence-electron chi connectivity index (χ1n) is 7.15. The summed E-state index contributed by atoms with van der Waals surface area (Å²) in [6.45, 7) is 0. The molecule has 0 bridgehead atoms. The average molecular weight is 436 g/mol. The number of rotatable bonds is 0. The van der Waals surface area contributed by atoms with Crippen LogP contribution >= 0.6 is 31.9 Å². The third-order valence-electron chi connectivity index (χ3n) is 2.89. The molecule has 0 heterocycles. The van der Waals surface area contributed by atoms with Crippen molar-refractivity contribution >= 4 is 31.9 Å². The van der Waals surface area contributed by atoms with E-state index in [1.54, 1.807) is 0 Å². The van der Waals surface area contributed by atoms with E-state index in [4.69, 9.17) is 0 Å². The fraction of sp³-hybridized carbons (Fsp3) is 0.0909. The second kappa shape index (κ2) is 10.4. The summed E-state index contributed by atoms with van der Waals surface area (Å²) >= 11 is 6.60. The Bertz CT molecular complexity index is 874. The molecular formula is C22H12Br2. The van der Waals surface area contributed by atoms with Gasteiger partial charge in [0.2, 0.25) is 0 Å². The van der Waals surface area contributed by atoms with Crippen LogP contribution in [0.2, 0.25) is 0 Å². The molecular weight excluding hydrogens is 424 g/mol. The molecule has 24 heavy (non-hydrogen) atoms. The maximum atomic E-state index is 3.30. The molecule has 0 amide bonds. The Balaban J connectivity index is 2.27. The van der Waals surface area contributed by atoms with Crippen molar-refractivity contribution in [3.05, 3.63) is 70.8 Å². The quantitative estimate of drug-likeness (QED) is 0.419. The van der Waals surface area contributed by atoms with E-state index < -0.39 is 0 Å². The van der Waals surface area contributed by atoms with Gasteiger partial charge in [-0.3, -0.25) is 0 Å². The highest BCUT2D eigenvalue weighted by atomic mass is 79.9. The van der Waals surface area contributed by atoms with E-state index in [-0.39, 0.29) is 0 Å². The summed E-state index contributed by atoms with van der Waals surface area (Å²) in [5, 5.41) is 1.28. The highest BCUT2D eigenvalue weighted by molar-refractivity contribution is 9.09. The van der Waals surface area contributed by atoms with Crippen LogP contribution in [-0.2, 0) is 0 Å². The van der Waals surface area contributed by atoms with Crippen LogP contribution in [0.5, 0.6) is 0 Å². The van der Waals surface area contributed by atoms with E-state index in [9.17, 15) is 0 Å². The smallest absolute Gasteiger partial charge is 0.0649 e. The molecule has 0 N–H and O–H groups in total. The number of halogens is 2. The topological polar surface area (TPSA) is 0 Å². The van der Waals surface area contributed by atoms with Gasteiger partial charge in [-0.1, -0.05) is 91.6 Å². The lowest BCUT2D eigenvalue weighted by Gasteiger charge is -1.94. The fourth-order valence-electron chi connectivity index (χ4n) is 1.86. The Morgan fingerprint density at radius 3 is 1.21 bits per heavy atom. The van der Waals surface area contributed by atoms with Crippen molar-refractivity contribution in [2.75, 3.05) is 10.7 Å². The van der Waals surface area contributed by atoms with Crippen molar-refractivity contribution in [3.8, 4) is 47.4 Å². The van der Waals surface area contributed by atoms with Crippen molar-refractivity contribution in [1.29, 1.82) is 0 Å². The Morgan fingerprint density at radius 1 is 0.542 bits per heavy atom. The summed E-state index contributed by atoms with van der Waals surface area (Å²) in [7, 11) is 0.